The van der Waals surface area contributed by atoms with Gasteiger partial charge in [-0.2, -0.15) is 5.10 Å². The molecule has 1 atom stereocenters. The molecule has 1 unspecified atom stereocenters. The Morgan fingerprint density at radius 3 is 2.83 bits per heavy atom. The van der Waals surface area contributed by atoms with Crippen molar-refractivity contribution in [3.63, 3.8) is 0 Å². The fourth-order valence-electron chi connectivity index (χ4n) is 2.40. The van der Waals surface area contributed by atoms with E-state index in [2.05, 4.69) is 15.4 Å². The van der Waals surface area contributed by atoms with Gasteiger partial charge in [0, 0.05) is 12.4 Å². The molecule has 1 N–H and O–H groups in total. The standard InChI is InChI=1S/C17H20N4O2/c1-12-10-14-17(18-8-9-21(14)20-12)19-11-13(2)23-16-7-5-4-6-15(16)22-3/h4-10,13H,11H2,1-3H3,(H,18,19). The predicted molar refractivity (Wildman–Crippen MR) is 89.3 cm³/mol. The largest absolute Gasteiger partial charge is 0.493 e. The van der Waals surface area contributed by atoms with Gasteiger partial charge in [0.15, 0.2) is 17.3 Å². The van der Waals surface area contributed by atoms with Gasteiger partial charge in [-0.3, -0.25) is 0 Å². The summed E-state index contributed by atoms with van der Waals surface area (Å²) >= 11 is 0. The van der Waals surface area contributed by atoms with Crippen LogP contribution < -0.4 is 14.8 Å². The van der Waals surface area contributed by atoms with Gasteiger partial charge in [-0.1, -0.05) is 12.1 Å². The summed E-state index contributed by atoms with van der Waals surface area (Å²) in [6.45, 7) is 4.58. The second kappa shape index (κ2) is 6.56. The molecule has 23 heavy (non-hydrogen) atoms. The van der Waals surface area contributed by atoms with Crippen LogP contribution in [0.2, 0.25) is 0 Å². The summed E-state index contributed by atoms with van der Waals surface area (Å²) in [5.74, 6) is 2.25. The van der Waals surface area contributed by atoms with E-state index in [9.17, 15) is 0 Å². The molecule has 0 amide bonds. The lowest BCUT2D eigenvalue weighted by molar-refractivity contribution is 0.223. The second-order valence-electron chi connectivity index (χ2n) is 5.35. The molecule has 3 rings (SSSR count). The third-order valence-electron chi connectivity index (χ3n) is 3.47. The summed E-state index contributed by atoms with van der Waals surface area (Å²) in [4.78, 5) is 4.38. The number of anilines is 1. The van der Waals surface area contributed by atoms with Gasteiger partial charge in [-0.15, -0.1) is 0 Å². The number of benzene rings is 1. The third-order valence-corrected chi connectivity index (χ3v) is 3.47. The van der Waals surface area contributed by atoms with Crippen molar-refractivity contribution in [2.24, 2.45) is 0 Å². The van der Waals surface area contributed by atoms with Gasteiger partial charge in [0.2, 0.25) is 0 Å². The van der Waals surface area contributed by atoms with E-state index in [1.165, 1.54) is 0 Å². The number of methoxy groups -OCH3 is 1. The van der Waals surface area contributed by atoms with E-state index in [1.54, 1.807) is 13.3 Å². The maximum Gasteiger partial charge on any atom is 0.161 e. The van der Waals surface area contributed by atoms with Gasteiger partial charge < -0.3 is 14.8 Å². The first-order chi connectivity index (χ1) is 11.2. The summed E-state index contributed by atoms with van der Waals surface area (Å²) in [6.07, 6.45) is 3.52. The molecule has 0 radical (unpaired) electrons. The van der Waals surface area contributed by atoms with Crippen molar-refractivity contribution in [2.45, 2.75) is 20.0 Å². The number of nitrogens with one attached hydrogen (secondary N) is 1. The number of para-hydroxylation sites is 2. The number of fused-ring (bicyclic) bond motifs is 1. The molecule has 0 bridgehead atoms. The fourth-order valence-corrected chi connectivity index (χ4v) is 2.40. The fraction of sp³-hybridized carbons (Fsp3) is 0.294. The average Bonchev–Trinajstić information content (AvgIpc) is 2.94. The number of rotatable bonds is 6. The van der Waals surface area contributed by atoms with Gasteiger partial charge in [-0.05, 0) is 32.0 Å². The van der Waals surface area contributed by atoms with Crippen LogP contribution in [-0.4, -0.2) is 34.4 Å². The van der Waals surface area contributed by atoms with E-state index >= 15 is 0 Å². The molecule has 0 aliphatic heterocycles. The SMILES string of the molecule is COc1ccccc1OC(C)CNc1nccn2nc(C)cc12. The van der Waals surface area contributed by atoms with Gasteiger partial charge in [0.1, 0.15) is 11.6 Å². The number of hydrogen-bond donors (Lipinski definition) is 1. The highest BCUT2D eigenvalue weighted by molar-refractivity contribution is 5.67. The van der Waals surface area contributed by atoms with E-state index in [-0.39, 0.29) is 6.10 Å². The number of ether oxygens (including phenoxy) is 2. The molecular weight excluding hydrogens is 292 g/mol. The van der Waals surface area contributed by atoms with Gasteiger partial charge >= 0.3 is 0 Å². The first-order valence-electron chi connectivity index (χ1n) is 7.52. The van der Waals surface area contributed by atoms with E-state index in [0.717, 1.165) is 28.5 Å². The first kappa shape index (κ1) is 15.1. The van der Waals surface area contributed by atoms with Crippen LogP contribution in [0.5, 0.6) is 11.5 Å². The number of hydrogen-bond acceptors (Lipinski definition) is 5. The van der Waals surface area contributed by atoms with Gasteiger partial charge in [-0.25, -0.2) is 9.50 Å². The summed E-state index contributed by atoms with van der Waals surface area (Å²) in [7, 11) is 1.64. The normalized spacial score (nSPS) is 12.1. The van der Waals surface area contributed by atoms with Gasteiger partial charge in [0.05, 0.1) is 19.3 Å². The first-order valence-corrected chi connectivity index (χ1v) is 7.52. The van der Waals surface area contributed by atoms with Crippen molar-refractivity contribution in [3.05, 3.63) is 48.4 Å². The van der Waals surface area contributed by atoms with Crippen LogP contribution >= 0.6 is 0 Å². The zero-order chi connectivity index (χ0) is 16.2. The molecule has 2 aromatic heterocycles. The van der Waals surface area contributed by atoms with Crippen LogP contribution in [0.1, 0.15) is 12.6 Å². The minimum Gasteiger partial charge on any atom is -0.493 e. The molecule has 6 nitrogen and oxygen atoms in total. The van der Waals surface area contributed by atoms with Crippen molar-refractivity contribution < 1.29 is 9.47 Å². The molecule has 0 fully saturated rings. The lowest BCUT2D eigenvalue weighted by atomic mass is 10.3. The Balaban J connectivity index is 1.67. The minimum absolute atomic E-state index is 0.0441. The van der Waals surface area contributed by atoms with Crippen LogP contribution in [-0.2, 0) is 0 Å². The van der Waals surface area contributed by atoms with Crippen molar-refractivity contribution in [1.29, 1.82) is 0 Å². The Bertz CT molecular complexity index is 800. The summed E-state index contributed by atoms with van der Waals surface area (Å²) in [6, 6.07) is 9.62. The van der Waals surface area contributed by atoms with Crippen LogP contribution in [0.3, 0.4) is 0 Å². The zero-order valence-electron chi connectivity index (χ0n) is 13.5. The van der Waals surface area contributed by atoms with E-state index in [1.807, 2.05) is 54.9 Å². The molecule has 0 aliphatic carbocycles. The van der Waals surface area contributed by atoms with Crippen LogP contribution in [0, 0.1) is 6.92 Å². The molecule has 6 heteroatoms. The molecule has 0 spiro atoms. The number of aryl methyl sites for hydroxylation is 1. The van der Waals surface area contributed by atoms with Crippen molar-refractivity contribution >= 4 is 11.3 Å². The van der Waals surface area contributed by atoms with Crippen LogP contribution in [0.15, 0.2) is 42.7 Å². The lowest BCUT2D eigenvalue weighted by Crippen LogP contribution is -2.23. The average molecular weight is 312 g/mol. The van der Waals surface area contributed by atoms with Crippen LogP contribution in [0.4, 0.5) is 5.82 Å². The third kappa shape index (κ3) is 3.36. The number of aromatic nitrogens is 3. The predicted octanol–water partition coefficient (Wildman–Crippen LogP) is 2.93. The smallest absolute Gasteiger partial charge is 0.161 e. The molecule has 1 aromatic carbocycles. The summed E-state index contributed by atoms with van der Waals surface area (Å²) in [5, 5.41) is 7.70. The molecule has 0 aliphatic rings. The van der Waals surface area contributed by atoms with E-state index in [4.69, 9.17) is 9.47 Å². The lowest BCUT2D eigenvalue weighted by Gasteiger charge is -2.17. The monoisotopic (exact) mass is 312 g/mol. The van der Waals surface area contributed by atoms with Crippen molar-refractivity contribution in [3.8, 4) is 11.5 Å². The van der Waals surface area contributed by atoms with E-state index < -0.39 is 0 Å². The molecule has 3 aromatic rings. The Labute approximate surface area is 135 Å². The van der Waals surface area contributed by atoms with E-state index in [0.29, 0.717) is 6.54 Å². The van der Waals surface area contributed by atoms with Gasteiger partial charge in [0.25, 0.3) is 0 Å². The molecule has 120 valence electrons. The highest BCUT2D eigenvalue weighted by Gasteiger charge is 2.10. The molecular formula is C17H20N4O2. The maximum atomic E-state index is 5.94. The van der Waals surface area contributed by atoms with Crippen molar-refractivity contribution in [2.75, 3.05) is 19.0 Å². The Hall–Kier alpha value is -2.76. The Morgan fingerprint density at radius 2 is 2.04 bits per heavy atom. The molecule has 0 saturated carbocycles. The summed E-state index contributed by atoms with van der Waals surface area (Å²) < 4.78 is 13.1. The quantitative estimate of drug-likeness (QED) is 0.758. The maximum absolute atomic E-state index is 5.94. The Morgan fingerprint density at radius 1 is 1.26 bits per heavy atom. The molecule has 2 heterocycles. The highest BCUT2D eigenvalue weighted by Crippen LogP contribution is 2.26. The minimum atomic E-state index is -0.0441. The number of nitrogens with zero attached hydrogens (tertiary/aromatic N) is 3. The zero-order valence-corrected chi connectivity index (χ0v) is 13.5. The molecule has 0 saturated heterocycles. The highest BCUT2D eigenvalue weighted by atomic mass is 16.5. The van der Waals surface area contributed by atoms with Crippen molar-refractivity contribution in [1.82, 2.24) is 14.6 Å². The topological polar surface area (TPSA) is 60.7 Å². The summed E-state index contributed by atoms with van der Waals surface area (Å²) in [5.41, 5.74) is 1.91. The van der Waals surface area contributed by atoms with Crippen LogP contribution in [0.25, 0.3) is 5.52 Å². The second-order valence-corrected chi connectivity index (χ2v) is 5.35. The Kier molecular flexibility index (Phi) is 4.32.